The van der Waals surface area contributed by atoms with Crippen LogP contribution < -0.4 is 0 Å². The molecule has 0 heterocycles. The first-order valence-electron chi connectivity index (χ1n) is 9.58. The normalized spacial score (nSPS) is 36.5. The Morgan fingerprint density at radius 2 is 1.50 bits per heavy atom. The Hall–Kier alpha value is -0.263. The molecule has 0 aromatic carbocycles. The topological polar surface area (TPSA) is 20.2 Å². The van der Waals surface area contributed by atoms with Crippen LogP contribution >= 0.6 is 0 Å². The second-order valence-corrected chi connectivity index (χ2v) is 13.7. The molecule has 0 saturated heterocycles. The number of hydrogen-bond acceptors (Lipinski definition) is 1. The fraction of sp³-hybridized carbons (Fsp3) is 0.900. The highest BCUT2D eigenvalue weighted by atomic mass is 28.3. The van der Waals surface area contributed by atoms with E-state index in [4.69, 9.17) is 0 Å². The van der Waals surface area contributed by atoms with Crippen molar-refractivity contribution in [2.45, 2.75) is 96.4 Å². The molecule has 22 heavy (non-hydrogen) atoms. The van der Waals surface area contributed by atoms with Gasteiger partial charge in [0.1, 0.15) is 13.7 Å². The minimum atomic E-state index is -1.37. The number of rotatable bonds is 3. The van der Waals surface area contributed by atoms with Gasteiger partial charge in [-0.25, -0.2) is 0 Å². The Kier molecular flexibility index (Phi) is 6.19. The van der Waals surface area contributed by atoms with E-state index in [0.717, 1.165) is 30.6 Å². The van der Waals surface area contributed by atoms with E-state index in [1.54, 1.807) is 0 Å². The molecule has 2 heteroatoms. The molecule has 0 aliphatic heterocycles. The van der Waals surface area contributed by atoms with Crippen LogP contribution in [-0.2, 0) is 0 Å². The van der Waals surface area contributed by atoms with Crippen molar-refractivity contribution in [1.29, 1.82) is 0 Å². The number of aliphatic hydroxyl groups is 1. The Balaban J connectivity index is 1.81. The standard InChI is InChI=1S/C20H36OSi/c1-5-6-17-7-9-18(10-8-17)19-11-13-20(21,14-12-19)15-16-22(2,3)4/h17-19,21H,5-14H2,1-4H3. The average Bonchev–Trinajstić information content (AvgIpc) is 2.47. The molecule has 0 atom stereocenters. The van der Waals surface area contributed by atoms with Crippen LogP contribution in [0.1, 0.15) is 71.1 Å². The fourth-order valence-corrected chi connectivity index (χ4v) is 4.98. The lowest BCUT2D eigenvalue weighted by Gasteiger charge is -2.39. The second-order valence-electron chi connectivity index (χ2n) is 8.94. The van der Waals surface area contributed by atoms with Gasteiger partial charge in [-0.2, -0.15) is 0 Å². The fourth-order valence-electron chi connectivity index (χ4n) is 4.37. The van der Waals surface area contributed by atoms with Gasteiger partial charge in [0.05, 0.1) is 0 Å². The van der Waals surface area contributed by atoms with Gasteiger partial charge in [0, 0.05) is 0 Å². The summed E-state index contributed by atoms with van der Waals surface area (Å²) < 4.78 is 0. The van der Waals surface area contributed by atoms with Crippen molar-refractivity contribution in [2.24, 2.45) is 17.8 Å². The molecule has 2 saturated carbocycles. The Morgan fingerprint density at radius 3 is 2.00 bits per heavy atom. The lowest BCUT2D eigenvalue weighted by molar-refractivity contribution is 0.0256. The van der Waals surface area contributed by atoms with E-state index in [2.05, 4.69) is 38.0 Å². The molecule has 0 bridgehead atoms. The maximum atomic E-state index is 10.7. The first-order valence-corrected chi connectivity index (χ1v) is 13.1. The SMILES string of the molecule is CCCC1CCC(C2CCC(O)(C#C[Si](C)(C)C)CC2)CC1. The molecule has 0 amide bonds. The molecule has 1 N–H and O–H groups in total. The van der Waals surface area contributed by atoms with Crippen molar-refractivity contribution < 1.29 is 5.11 Å². The predicted octanol–water partition coefficient (Wildman–Crippen LogP) is 5.40. The molecule has 2 aliphatic carbocycles. The summed E-state index contributed by atoms with van der Waals surface area (Å²) in [5.41, 5.74) is 2.71. The van der Waals surface area contributed by atoms with Gasteiger partial charge >= 0.3 is 0 Å². The summed E-state index contributed by atoms with van der Waals surface area (Å²) in [6.45, 7) is 9.08. The van der Waals surface area contributed by atoms with Crippen LogP contribution in [0.2, 0.25) is 19.6 Å². The molecule has 0 aromatic rings. The second kappa shape index (κ2) is 7.54. The maximum absolute atomic E-state index is 10.7. The molecular weight excluding hydrogens is 284 g/mol. The van der Waals surface area contributed by atoms with E-state index in [1.807, 2.05) is 0 Å². The average molecular weight is 321 g/mol. The predicted molar refractivity (Wildman–Crippen MR) is 98.4 cm³/mol. The van der Waals surface area contributed by atoms with Gasteiger partial charge in [-0.1, -0.05) is 58.2 Å². The highest BCUT2D eigenvalue weighted by molar-refractivity contribution is 6.83. The van der Waals surface area contributed by atoms with E-state index in [1.165, 1.54) is 51.4 Å². The van der Waals surface area contributed by atoms with Crippen molar-refractivity contribution in [3.8, 4) is 11.5 Å². The van der Waals surface area contributed by atoms with Crippen molar-refractivity contribution in [3.05, 3.63) is 0 Å². The third kappa shape index (κ3) is 5.43. The van der Waals surface area contributed by atoms with Gasteiger partial charge in [-0.3, -0.25) is 0 Å². The molecule has 0 aromatic heterocycles. The molecule has 0 spiro atoms. The van der Waals surface area contributed by atoms with Crippen LogP contribution in [0.25, 0.3) is 0 Å². The molecule has 0 radical (unpaired) electrons. The van der Waals surface area contributed by atoms with Gasteiger partial charge in [0.2, 0.25) is 0 Å². The van der Waals surface area contributed by atoms with Crippen LogP contribution in [-0.4, -0.2) is 18.8 Å². The summed E-state index contributed by atoms with van der Waals surface area (Å²) in [6, 6.07) is 0. The Labute approximate surface area is 139 Å². The van der Waals surface area contributed by atoms with Crippen LogP contribution in [0.5, 0.6) is 0 Å². The van der Waals surface area contributed by atoms with E-state index in [0.29, 0.717) is 0 Å². The van der Waals surface area contributed by atoms with Gasteiger partial charge in [0.15, 0.2) is 0 Å². The van der Waals surface area contributed by atoms with E-state index < -0.39 is 13.7 Å². The molecule has 2 rings (SSSR count). The van der Waals surface area contributed by atoms with Gasteiger partial charge in [0.25, 0.3) is 0 Å². The monoisotopic (exact) mass is 320 g/mol. The van der Waals surface area contributed by atoms with Gasteiger partial charge < -0.3 is 5.11 Å². The summed E-state index contributed by atoms with van der Waals surface area (Å²) in [5, 5.41) is 10.7. The smallest absolute Gasteiger partial charge is 0.129 e. The number of hydrogen-bond donors (Lipinski definition) is 1. The van der Waals surface area contributed by atoms with Crippen molar-refractivity contribution in [2.75, 3.05) is 0 Å². The minimum absolute atomic E-state index is 0.670. The molecule has 1 nitrogen and oxygen atoms in total. The molecule has 126 valence electrons. The van der Waals surface area contributed by atoms with E-state index in [-0.39, 0.29) is 0 Å². The van der Waals surface area contributed by atoms with E-state index in [9.17, 15) is 5.11 Å². The van der Waals surface area contributed by atoms with Crippen LogP contribution in [0.3, 0.4) is 0 Å². The lowest BCUT2D eigenvalue weighted by atomic mass is 9.68. The molecule has 2 aliphatic rings. The van der Waals surface area contributed by atoms with Gasteiger partial charge in [-0.05, 0) is 56.3 Å². The lowest BCUT2D eigenvalue weighted by Crippen LogP contribution is -2.36. The summed E-state index contributed by atoms with van der Waals surface area (Å²) in [6.07, 6.45) is 12.8. The third-order valence-corrected chi connectivity index (χ3v) is 6.66. The molecule has 0 unspecified atom stereocenters. The first kappa shape index (κ1) is 18.1. The summed E-state index contributed by atoms with van der Waals surface area (Å²) >= 11 is 0. The van der Waals surface area contributed by atoms with Crippen LogP contribution in [0.4, 0.5) is 0 Å². The highest BCUT2D eigenvalue weighted by Gasteiger charge is 2.36. The Morgan fingerprint density at radius 1 is 0.955 bits per heavy atom. The third-order valence-electron chi connectivity index (χ3n) is 5.78. The Bertz CT molecular complexity index is 396. The molecular formula is C20H36OSi. The molecule has 2 fully saturated rings. The van der Waals surface area contributed by atoms with Crippen molar-refractivity contribution in [3.63, 3.8) is 0 Å². The zero-order valence-corrected chi connectivity index (χ0v) is 16.3. The zero-order chi connectivity index (χ0) is 16.2. The maximum Gasteiger partial charge on any atom is 0.129 e. The quantitative estimate of drug-likeness (QED) is 0.545. The summed E-state index contributed by atoms with van der Waals surface area (Å²) in [7, 11) is -1.37. The zero-order valence-electron chi connectivity index (χ0n) is 15.3. The first-order chi connectivity index (χ1) is 10.3. The minimum Gasteiger partial charge on any atom is -0.378 e. The van der Waals surface area contributed by atoms with Crippen LogP contribution in [0.15, 0.2) is 0 Å². The van der Waals surface area contributed by atoms with E-state index >= 15 is 0 Å². The van der Waals surface area contributed by atoms with Crippen LogP contribution in [0, 0.1) is 29.2 Å². The summed E-state index contributed by atoms with van der Waals surface area (Å²) in [4.78, 5) is 0. The summed E-state index contributed by atoms with van der Waals surface area (Å²) in [5.74, 6) is 6.05. The highest BCUT2D eigenvalue weighted by Crippen LogP contribution is 2.43. The van der Waals surface area contributed by atoms with Crippen molar-refractivity contribution >= 4 is 8.07 Å². The largest absolute Gasteiger partial charge is 0.378 e. The van der Waals surface area contributed by atoms with Gasteiger partial charge in [-0.15, -0.1) is 5.54 Å². The van der Waals surface area contributed by atoms with Crippen molar-refractivity contribution in [1.82, 2.24) is 0 Å².